The van der Waals surface area contributed by atoms with Crippen molar-refractivity contribution in [2.75, 3.05) is 12.4 Å². The number of ether oxygens (including phenoxy) is 1. The second-order valence-electron chi connectivity index (χ2n) is 7.59. The van der Waals surface area contributed by atoms with Gasteiger partial charge in [0.2, 0.25) is 5.95 Å². The highest BCUT2D eigenvalue weighted by molar-refractivity contribution is 6.03. The zero-order chi connectivity index (χ0) is 22.3. The van der Waals surface area contributed by atoms with E-state index in [4.69, 9.17) is 9.72 Å². The summed E-state index contributed by atoms with van der Waals surface area (Å²) in [6, 6.07) is 27.5. The first-order valence-corrected chi connectivity index (χ1v) is 10.8. The van der Waals surface area contributed by atoms with Crippen LogP contribution in [-0.4, -0.2) is 22.6 Å². The number of anilines is 1. The monoisotopic (exact) mass is 425 g/mol. The molecule has 1 N–H and O–H groups in total. The summed E-state index contributed by atoms with van der Waals surface area (Å²) >= 11 is 0. The van der Waals surface area contributed by atoms with E-state index in [0.29, 0.717) is 17.9 Å². The number of imidazole rings is 1. The van der Waals surface area contributed by atoms with E-state index in [1.807, 2.05) is 60.7 Å². The summed E-state index contributed by atoms with van der Waals surface area (Å²) in [5.74, 6) is 1.20. The molecule has 0 fully saturated rings. The molecule has 0 saturated heterocycles. The van der Waals surface area contributed by atoms with Crippen molar-refractivity contribution in [2.45, 2.75) is 26.3 Å². The van der Waals surface area contributed by atoms with Crippen LogP contribution in [0.2, 0.25) is 0 Å². The molecule has 3 aromatic carbocycles. The summed E-state index contributed by atoms with van der Waals surface area (Å²) in [6.45, 7) is 2.87. The van der Waals surface area contributed by atoms with Crippen LogP contribution < -0.4 is 10.1 Å². The smallest absolute Gasteiger partial charge is 0.257 e. The third-order valence-electron chi connectivity index (χ3n) is 5.33. The first-order chi connectivity index (χ1) is 15.7. The standard InChI is InChI=1S/C27H27N3O2/c1-3-18-30-25(21-14-16-23(32-2)17-15-21)24(19-20-10-6-4-7-11-20)28-27(30)29-26(31)22-12-8-5-9-13-22/h4-17H,3,18-19H2,1-2H3,(H,28,29,31). The van der Waals surface area contributed by atoms with E-state index in [1.54, 1.807) is 19.2 Å². The van der Waals surface area contributed by atoms with Gasteiger partial charge >= 0.3 is 0 Å². The van der Waals surface area contributed by atoms with Crippen molar-refractivity contribution < 1.29 is 9.53 Å². The summed E-state index contributed by atoms with van der Waals surface area (Å²) in [5.41, 5.74) is 4.76. The lowest BCUT2D eigenvalue weighted by atomic mass is 10.0. The largest absolute Gasteiger partial charge is 0.497 e. The van der Waals surface area contributed by atoms with Crippen molar-refractivity contribution in [1.82, 2.24) is 9.55 Å². The van der Waals surface area contributed by atoms with Gasteiger partial charge in [-0.05, 0) is 48.4 Å². The highest BCUT2D eigenvalue weighted by Gasteiger charge is 2.20. The number of methoxy groups -OCH3 is 1. The second-order valence-corrected chi connectivity index (χ2v) is 7.59. The van der Waals surface area contributed by atoms with Crippen LogP contribution in [0.3, 0.4) is 0 Å². The van der Waals surface area contributed by atoms with Crippen LogP contribution in [0.15, 0.2) is 84.9 Å². The number of carbonyl (C=O) groups is 1. The number of amides is 1. The van der Waals surface area contributed by atoms with Gasteiger partial charge in [-0.1, -0.05) is 55.5 Å². The molecule has 1 heterocycles. The molecule has 0 unspecified atom stereocenters. The van der Waals surface area contributed by atoms with Crippen molar-refractivity contribution >= 4 is 11.9 Å². The van der Waals surface area contributed by atoms with Gasteiger partial charge in [-0.3, -0.25) is 10.1 Å². The average molecular weight is 426 g/mol. The van der Waals surface area contributed by atoms with Gasteiger partial charge in [-0.25, -0.2) is 4.98 Å². The Balaban J connectivity index is 1.79. The molecule has 0 aliphatic carbocycles. The lowest BCUT2D eigenvalue weighted by molar-refractivity contribution is 0.102. The normalized spacial score (nSPS) is 10.7. The Hall–Kier alpha value is -3.86. The molecular formula is C27H27N3O2. The molecular weight excluding hydrogens is 398 g/mol. The SMILES string of the molecule is CCCn1c(NC(=O)c2ccccc2)nc(Cc2ccccc2)c1-c1ccc(OC)cc1. The minimum Gasteiger partial charge on any atom is -0.497 e. The van der Waals surface area contributed by atoms with Crippen molar-refractivity contribution in [3.8, 4) is 17.0 Å². The summed E-state index contributed by atoms with van der Waals surface area (Å²) in [5, 5.41) is 3.04. The topological polar surface area (TPSA) is 56.2 Å². The predicted octanol–water partition coefficient (Wildman–Crippen LogP) is 5.81. The van der Waals surface area contributed by atoms with Crippen molar-refractivity contribution in [1.29, 1.82) is 0 Å². The Kier molecular flexibility index (Phi) is 6.66. The summed E-state index contributed by atoms with van der Waals surface area (Å²) in [6.07, 6.45) is 1.59. The molecule has 1 amide bonds. The van der Waals surface area contributed by atoms with E-state index >= 15 is 0 Å². The Morgan fingerprint density at radius 3 is 2.22 bits per heavy atom. The van der Waals surface area contributed by atoms with Gasteiger partial charge in [-0.15, -0.1) is 0 Å². The van der Waals surface area contributed by atoms with Crippen LogP contribution >= 0.6 is 0 Å². The van der Waals surface area contributed by atoms with E-state index in [-0.39, 0.29) is 5.91 Å². The van der Waals surface area contributed by atoms with Crippen LogP contribution in [0, 0.1) is 0 Å². The molecule has 1 aromatic heterocycles. The number of nitrogens with zero attached hydrogens (tertiary/aromatic N) is 2. The summed E-state index contributed by atoms with van der Waals surface area (Å²) in [7, 11) is 1.66. The van der Waals surface area contributed by atoms with Crippen LogP contribution in [0.4, 0.5) is 5.95 Å². The molecule has 0 aliphatic heterocycles. The van der Waals surface area contributed by atoms with E-state index in [1.165, 1.54) is 5.56 Å². The van der Waals surface area contributed by atoms with Gasteiger partial charge in [0.15, 0.2) is 0 Å². The number of aromatic nitrogens is 2. The fourth-order valence-electron chi connectivity index (χ4n) is 3.79. The van der Waals surface area contributed by atoms with Gasteiger partial charge in [0, 0.05) is 24.1 Å². The minimum atomic E-state index is -0.166. The first-order valence-electron chi connectivity index (χ1n) is 10.8. The molecule has 5 heteroatoms. The number of hydrogen-bond acceptors (Lipinski definition) is 3. The molecule has 0 spiro atoms. The minimum absolute atomic E-state index is 0.166. The first kappa shape index (κ1) is 21.4. The van der Waals surface area contributed by atoms with Crippen molar-refractivity contribution in [3.63, 3.8) is 0 Å². The second kappa shape index (κ2) is 9.96. The highest BCUT2D eigenvalue weighted by atomic mass is 16.5. The lowest BCUT2D eigenvalue weighted by Gasteiger charge is -2.13. The predicted molar refractivity (Wildman–Crippen MR) is 128 cm³/mol. The zero-order valence-corrected chi connectivity index (χ0v) is 18.4. The van der Waals surface area contributed by atoms with E-state index in [9.17, 15) is 4.79 Å². The molecule has 4 rings (SSSR count). The maximum absolute atomic E-state index is 12.9. The Labute approximate surface area is 188 Å². The van der Waals surface area contributed by atoms with Crippen LogP contribution in [-0.2, 0) is 13.0 Å². The van der Waals surface area contributed by atoms with E-state index in [0.717, 1.165) is 35.7 Å². The van der Waals surface area contributed by atoms with Gasteiger partial charge in [-0.2, -0.15) is 0 Å². The fourth-order valence-corrected chi connectivity index (χ4v) is 3.79. The number of benzene rings is 3. The number of hydrogen-bond donors (Lipinski definition) is 1. The molecule has 162 valence electrons. The molecule has 0 saturated carbocycles. The lowest BCUT2D eigenvalue weighted by Crippen LogP contribution is -2.16. The Morgan fingerprint density at radius 1 is 0.938 bits per heavy atom. The molecule has 0 aliphatic rings. The van der Waals surface area contributed by atoms with Crippen LogP contribution in [0.25, 0.3) is 11.3 Å². The van der Waals surface area contributed by atoms with E-state index < -0.39 is 0 Å². The molecule has 0 atom stereocenters. The Bertz CT molecular complexity index is 1170. The molecule has 5 nitrogen and oxygen atoms in total. The maximum atomic E-state index is 12.9. The molecule has 4 aromatic rings. The summed E-state index contributed by atoms with van der Waals surface area (Å²) in [4.78, 5) is 17.8. The Morgan fingerprint density at radius 2 is 1.59 bits per heavy atom. The van der Waals surface area contributed by atoms with Crippen molar-refractivity contribution in [3.05, 3.63) is 102 Å². The zero-order valence-electron chi connectivity index (χ0n) is 18.4. The third-order valence-corrected chi connectivity index (χ3v) is 5.33. The van der Waals surface area contributed by atoms with Crippen molar-refractivity contribution in [2.24, 2.45) is 0 Å². The molecule has 0 bridgehead atoms. The quantitative estimate of drug-likeness (QED) is 0.387. The number of carbonyl (C=O) groups excluding carboxylic acids is 1. The number of nitrogens with one attached hydrogen (secondary N) is 1. The summed E-state index contributed by atoms with van der Waals surface area (Å²) < 4.78 is 7.45. The average Bonchev–Trinajstić information content (AvgIpc) is 3.16. The van der Waals surface area contributed by atoms with Gasteiger partial charge in [0.25, 0.3) is 5.91 Å². The van der Waals surface area contributed by atoms with Crippen LogP contribution in [0.5, 0.6) is 5.75 Å². The van der Waals surface area contributed by atoms with Crippen LogP contribution in [0.1, 0.15) is 35.0 Å². The highest BCUT2D eigenvalue weighted by Crippen LogP contribution is 2.31. The molecule has 0 radical (unpaired) electrons. The van der Waals surface area contributed by atoms with E-state index in [2.05, 4.69) is 28.9 Å². The van der Waals surface area contributed by atoms with Gasteiger partial charge < -0.3 is 9.30 Å². The fraction of sp³-hybridized carbons (Fsp3) is 0.185. The maximum Gasteiger partial charge on any atom is 0.257 e. The van der Waals surface area contributed by atoms with Gasteiger partial charge in [0.1, 0.15) is 5.75 Å². The van der Waals surface area contributed by atoms with Gasteiger partial charge in [0.05, 0.1) is 18.5 Å². The third kappa shape index (κ3) is 4.72. The molecule has 32 heavy (non-hydrogen) atoms. The number of rotatable bonds is 8.